The van der Waals surface area contributed by atoms with Crippen LogP contribution in [0.15, 0.2) is 47.2 Å². The zero-order valence-corrected chi connectivity index (χ0v) is 17.2. The van der Waals surface area contributed by atoms with Crippen molar-refractivity contribution in [2.45, 2.75) is 13.8 Å². The number of anilines is 2. The van der Waals surface area contributed by atoms with Crippen molar-refractivity contribution in [3.63, 3.8) is 0 Å². The maximum Gasteiger partial charge on any atom is 0.276 e. The number of aromatic nitrogens is 4. The van der Waals surface area contributed by atoms with Gasteiger partial charge in [-0.2, -0.15) is 0 Å². The van der Waals surface area contributed by atoms with E-state index in [2.05, 4.69) is 44.0 Å². The average molecular weight is 407 g/mol. The van der Waals surface area contributed by atoms with Crippen LogP contribution in [-0.2, 0) is 0 Å². The van der Waals surface area contributed by atoms with Crippen LogP contribution in [0.1, 0.15) is 24.3 Å². The summed E-state index contributed by atoms with van der Waals surface area (Å²) in [6.07, 6.45) is 3.37. The Morgan fingerprint density at radius 1 is 1.10 bits per heavy atom. The van der Waals surface area contributed by atoms with Gasteiger partial charge in [0.1, 0.15) is 0 Å². The predicted molar refractivity (Wildman–Crippen MR) is 113 cm³/mol. The first-order valence-electron chi connectivity index (χ1n) is 10.2. The van der Waals surface area contributed by atoms with Gasteiger partial charge in [0.25, 0.3) is 5.91 Å². The SMILES string of the molecule is CCN(CC)c1ccc(N2CCN(C(=O)c3cc(-c4cccnc4)on3)CC2)nn1. The number of nitrogens with zero attached hydrogens (tertiary/aromatic N) is 7. The molecule has 30 heavy (non-hydrogen) atoms. The molecule has 0 radical (unpaired) electrons. The third-order valence-corrected chi connectivity index (χ3v) is 5.29. The third kappa shape index (κ3) is 4.10. The van der Waals surface area contributed by atoms with Crippen molar-refractivity contribution in [3.8, 4) is 11.3 Å². The summed E-state index contributed by atoms with van der Waals surface area (Å²) in [4.78, 5) is 23.0. The van der Waals surface area contributed by atoms with Gasteiger partial charge in [0.05, 0.1) is 0 Å². The number of carbonyl (C=O) groups excluding carboxylic acids is 1. The fourth-order valence-electron chi connectivity index (χ4n) is 3.52. The zero-order chi connectivity index (χ0) is 20.9. The van der Waals surface area contributed by atoms with E-state index in [9.17, 15) is 4.79 Å². The van der Waals surface area contributed by atoms with Crippen molar-refractivity contribution in [1.82, 2.24) is 25.2 Å². The van der Waals surface area contributed by atoms with Gasteiger partial charge in [-0.05, 0) is 38.1 Å². The summed E-state index contributed by atoms with van der Waals surface area (Å²) in [7, 11) is 0. The summed E-state index contributed by atoms with van der Waals surface area (Å²) in [6, 6.07) is 9.35. The third-order valence-electron chi connectivity index (χ3n) is 5.29. The maximum atomic E-state index is 12.8. The highest BCUT2D eigenvalue weighted by Crippen LogP contribution is 2.21. The van der Waals surface area contributed by atoms with Gasteiger partial charge in [-0.1, -0.05) is 5.16 Å². The molecule has 9 heteroatoms. The van der Waals surface area contributed by atoms with Crippen molar-refractivity contribution in [1.29, 1.82) is 0 Å². The van der Waals surface area contributed by atoms with E-state index in [0.717, 1.165) is 30.3 Å². The minimum Gasteiger partial charge on any atom is -0.356 e. The van der Waals surface area contributed by atoms with Crippen molar-refractivity contribution in [2.24, 2.45) is 0 Å². The lowest BCUT2D eigenvalue weighted by Gasteiger charge is -2.34. The molecule has 0 aliphatic carbocycles. The number of rotatable bonds is 6. The summed E-state index contributed by atoms with van der Waals surface area (Å²) in [5.41, 5.74) is 1.10. The number of piperazine rings is 1. The number of hydrogen-bond acceptors (Lipinski definition) is 8. The Labute approximate surface area is 175 Å². The summed E-state index contributed by atoms with van der Waals surface area (Å²) >= 11 is 0. The van der Waals surface area contributed by atoms with Crippen molar-refractivity contribution in [2.75, 3.05) is 49.1 Å². The van der Waals surface area contributed by atoms with Gasteiger partial charge in [-0.3, -0.25) is 9.78 Å². The fraction of sp³-hybridized carbons (Fsp3) is 0.381. The lowest BCUT2D eigenvalue weighted by Crippen LogP contribution is -2.49. The normalized spacial score (nSPS) is 14.1. The predicted octanol–water partition coefficient (Wildman–Crippen LogP) is 2.34. The van der Waals surface area contributed by atoms with Crippen molar-refractivity contribution < 1.29 is 9.32 Å². The number of hydrogen-bond donors (Lipinski definition) is 0. The summed E-state index contributed by atoms with van der Waals surface area (Å²) < 4.78 is 5.33. The molecule has 4 rings (SSSR count). The first-order chi connectivity index (χ1) is 14.7. The van der Waals surface area contributed by atoms with Crippen LogP contribution < -0.4 is 9.80 Å². The molecule has 3 aromatic heterocycles. The Bertz CT molecular complexity index is 963. The number of carbonyl (C=O) groups is 1. The maximum absolute atomic E-state index is 12.8. The van der Waals surface area contributed by atoms with Crippen LogP contribution in [0.5, 0.6) is 0 Å². The van der Waals surface area contributed by atoms with E-state index in [4.69, 9.17) is 4.52 Å². The Morgan fingerprint density at radius 2 is 1.90 bits per heavy atom. The van der Waals surface area contributed by atoms with Gasteiger partial charge >= 0.3 is 0 Å². The number of pyridine rings is 1. The van der Waals surface area contributed by atoms with Gasteiger partial charge in [-0.15, -0.1) is 10.2 Å². The molecule has 1 aliphatic rings. The van der Waals surface area contributed by atoms with Gasteiger partial charge in [0.2, 0.25) is 0 Å². The van der Waals surface area contributed by atoms with Crippen LogP contribution in [0.2, 0.25) is 0 Å². The summed E-state index contributed by atoms with van der Waals surface area (Å²) in [5.74, 6) is 2.12. The van der Waals surface area contributed by atoms with Gasteiger partial charge in [0, 0.05) is 63.3 Å². The van der Waals surface area contributed by atoms with Gasteiger partial charge in [0.15, 0.2) is 23.1 Å². The average Bonchev–Trinajstić information content (AvgIpc) is 3.31. The van der Waals surface area contributed by atoms with Gasteiger partial charge < -0.3 is 19.2 Å². The Kier molecular flexibility index (Phi) is 5.87. The van der Waals surface area contributed by atoms with E-state index in [-0.39, 0.29) is 5.91 Å². The smallest absolute Gasteiger partial charge is 0.276 e. The van der Waals surface area contributed by atoms with Crippen LogP contribution in [0.4, 0.5) is 11.6 Å². The van der Waals surface area contributed by atoms with Crippen LogP contribution in [-0.4, -0.2) is 70.4 Å². The molecule has 0 atom stereocenters. The van der Waals surface area contributed by atoms with Gasteiger partial charge in [-0.25, -0.2) is 0 Å². The van der Waals surface area contributed by atoms with E-state index in [1.165, 1.54) is 0 Å². The molecular weight excluding hydrogens is 382 g/mol. The summed E-state index contributed by atoms with van der Waals surface area (Å²) in [5, 5.41) is 12.7. The minimum atomic E-state index is -0.128. The molecule has 0 saturated carbocycles. The van der Waals surface area contributed by atoms with E-state index in [0.29, 0.717) is 37.6 Å². The minimum absolute atomic E-state index is 0.128. The first kappa shape index (κ1) is 19.8. The molecule has 1 amide bonds. The van der Waals surface area contributed by atoms with Crippen LogP contribution in [0.25, 0.3) is 11.3 Å². The lowest BCUT2D eigenvalue weighted by molar-refractivity contribution is 0.0736. The van der Waals surface area contributed by atoms with E-state index >= 15 is 0 Å². The molecule has 0 unspecified atom stereocenters. The van der Waals surface area contributed by atoms with Crippen LogP contribution in [0.3, 0.4) is 0 Å². The second-order valence-electron chi connectivity index (χ2n) is 7.02. The molecular formula is C21H25N7O2. The fourth-order valence-corrected chi connectivity index (χ4v) is 3.52. The molecule has 3 aromatic rings. The standard InChI is InChI=1S/C21H25N7O2/c1-3-26(4-2)19-7-8-20(24-23-19)27-10-12-28(13-11-27)21(29)17-14-18(30-25-17)16-6-5-9-22-15-16/h5-9,14-15H,3-4,10-13H2,1-2H3. The molecule has 0 N–H and O–H groups in total. The number of amides is 1. The highest BCUT2D eigenvalue weighted by Gasteiger charge is 2.25. The van der Waals surface area contributed by atoms with E-state index in [1.54, 1.807) is 23.4 Å². The second kappa shape index (κ2) is 8.89. The Morgan fingerprint density at radius 3 is 2.53 bits per heavy atom. The highest BCUT2D eigenvalue weighted by molar-refractivity contribution is 5.93. The Balaban J connectivity index is 1.36. The van der Waals surface area contributed by atoms with Crippen molar-refractivity contribution >= 4 is 17.5 Å². The molecule has 4 heterocycles. The topological polar surface area (TPSA) is 91.5 Å². The molecule has 0 aromatic carbocycles. The van der Waals surface area contributed by atoms with Crippen molar-refractivity contribution in [3.05, 3.63) is 48.4 Å². The quantitative estimate of drug-likeness (QED) is 0.615. The first-order valence-corrected chi connectivity index (χ1v) is 10.2. The second-order valence-corrected chi connectivity index (χ2v) is 7.02. The monoisotopic (exact) mass is 407 g/mol. The highest BCUT2D eigenvalue weighted by atomic mass is 16.5. The summed E-state index contributed by atoms with van der Waals surface area (Å²) in [6.45, 7) is 8.57. The molecule has 9 nitrogen and oxygen atoms in total. The van der Waals surface area contributed by atoms with E-state index in [1.807, 2.05) is 24.3 Å². The molecule has 1 fully saturated rings. The zero-order valence-electron chi connectivity index (χ0n) is 17.2. The van der Waals surface area contributed by atoms with Crippen LogP contribution >= 0.6 is 0 Å². The largest absolute Gasteiger partial charge is 0.356 e. The van der Waals surface area contributed by atoms with E-state index < -0.39 is 0 Å². The molecule has 0 bridgehead atoms. The van der Waals surface area contributed by atoms with Crippen LogP contribution in [0, 0.1) is 0 Å². The molecule has 156 valence electrons. The molecule has 1 saturated heterocycles. The molecule has 1 aliphatic heterocycles. The Hall–Kier alpha value is -3.49. The molecule has 0 spiro atoms. The lowest BCUT2D eigenvalue weighted by atomic mass is 10.2.